The molecule has 0 fully saturated rings. The predicted molar refractivity (Wildman–Crippen MR) is 99.8 cm³/mol. The number of amides is 2. The molecular weight excluding hydrogens is 357 g/mol. The van der Waals surface area contributed by atoms with Crippen LogP contribution in [0.25, 0.3) is 0 Å². The van der Waals surface area contributed by atoms with E-state index >= 15 is 0 Å². The Labute approximate surface area is 152 Å². The zero-order valence-corrected chi connectivity index (χ0v) is 15.6. The minimum absolute atomic E-state index is 0.291. The van der Waals surface area contributed by atoms with E-state index in [4.69, 9.17) is 0 Å². The molecule has 0 saturated carbocycles. The molecule has 2 unspecified atom stereocenters. The van der Waals surface area contributed by atoms with Crippen molar-refractivity contribution in [3.63, 3.8) is 0 Å². The van der Waals surface area contributed by atoms with Gasteiger partial charge in [-0.15, -0.1) is 0 Å². The molecule has 2 amide bonds. The molecule has 0 aliphatic heterocycles. The van der Waals surface area contributed by atoms with Crippen molar-refractivity contribution in [1.29, 1.82) is 0 Å². The van der Waals surface area contributed by atoms with Gasteiger partial charge in [0.15, 0.2) is 0 Å². The van der Waals surface area contributed by atoms with Gasteiger partial charge in [0.1, 0.15) is 5.82 Å². The lowest BCUT2D eigenvalue weighted by atomic mass is 10.1. The maximum absolute atomic E-state index is 13.0. The molecule has 6 nitrogen and oxygen atoms in total. The molecular formula is C18H22FN3O3S. The maximum atomic E-state index is 13.0. The SMILES string of the molecule is CC(NC(=O)NC(C)c1cccc(NS(C)(=O)=O)c1)c1ccc(F)cc1. The van der Waals surface area contributed by atoms with Crippen LogP contribution in [0.15, 0.2) is 48.5 Å². The van der Waals surface area contributed by atoms with Crippen LogP contribution in [-0.4, -0.2) is 20.7 Å². The van der Waals surface area contributed by atoms with Crippen LogP contribution in [0.5, 0.6) is 0 Å². The minimum Gasteiger partial charge on any atom is -0.332 e. The normalized spacial score (nSPS) is 13.5. The monoisotopic (exact) mass is 379 g/mol. The number of carbonyl (C=O) groups excluding carboxylic acids is 1. The molecule has 0 radical (unpaired) electrons. The number of urea groups is 1. The fourth-order valence-corrected chi connectivity index (χ4v) is 2.99. The Balaban J connectivity index is 1.98. The third kappa shape index (κ3) is 6.03. The highest BCUT2D eigenvalue weighted by molar-refractivity contribution is 7.92. The molecule has 0 aromatic heterocycles. The van der Waals surface area contributed by atoms with E-state index in [0.29, 0.717) is 5.69 Å². The number of hydrogen-bond acceptors (Lipinski definition) is 3. The molecule has 8 heteroatoms. The fraction of sp³-hybridized carbons (Fsp3) is 0.278. The molecule has 2 rings (SSSR count). The van der Waals surface area contributed by atoms with Crippen LogP contribution < -0.4 is 15.4 Å². The van der Waals surface area contributed by atoms with E-state index in [2.05, 4.69) is 15.4 Å². The zero-order chi connectivity index (χ0) is 19.3. The second kappa shape index (κ2) is 8.18. The summed E-state index contributed by atoms with van der Waals surface area (Å²) in [6, 6.07) is 11.7. The summed E-state index contributed by atoms with van der Waals surface area (Å²) < 4.78 is 38.0. The van der Waals surface area contributed by atoms with E-state index < -0.39 is 10.0 Å². The van der Waals surface area contributed by atoms with Gasteiger partial charge in [0, 0.05) is 5.69 Å². The first kappa shape index (κ1) is 19.7. The van der Waals surface area contributed by atoms with E-state index in [-0.39, 0.29) is 23.9 Å². The van der Waals surface area contributed by atoms with E-state index in [0.717, 1.165) is 17.4 Å². The Morgan fingerprint density at radius 1 is 0.962 bits per heavy atom. The van der Waals surface area contributed by atoms with Crippen LogP contribution >= 0.6 is 0 Å². The average molecular weight is 379 g/mol. The summed E-state index contributed by atoms with van der Waals surface area (Å²) in [5.41, 5.74) is 1.97. The molecule has 26 heavy (non-hydrogen) atoms. The van der Waals surface area contributed by atoms with Gasteiger partial charge >= 0.3 is 6.03 Å². The standard InChI is InChI=1S/C18H22FN3O3S/c1-12(14-7-9-16(19)10-8-14)20-18(23)21-13(2)15-5-4-6-17(11-15)22-26(3,24)25/h4-13,22H,1-3H3,(H2,20,21,23). The number of carbonyl (C=O) groups is 1. The van der Waals surface area contributed by atoms with Crippen LogP contribution in [-0.2, 0) is 10.0 Å². The zero-order valence-electron chi connectivity index (χ0n) is 14.8. The van der Waals surface area contributed by atoms with Gasteiger partial charge < -0.3 is 10.6 Å². The highest BCUT2D eigenvalue weighted by Crippen LogP contribution is 2.18. The number of hydrogen-bond donors (Lipinski definition) is 3. The second-order valence-electron chi connectivity index (χ2n) is 6.11. The Bertz CT molecular complexity index is 870. The first-order valence-electron chi connectivity index (χ1n) is 8.04. The summed E-state index contributed by atoms with van der Waals surface area (Å²) in [5.74, 6) is -0.332. The van der Waals surface area contributed by atoms with Crippen molar-refractivity contribution in [2.24, 2.45) is 0 Å². The topological polar surface area (TPSA) is 87.3 Å². The van der Waals surface area contributed by atoms with Crippen molar-refractivity contribution in [3.05, 3.63) is 65.5 Å². The molecule has 0 heterocycles. The summed E-state index contributed by atoms with van der Waals surface area (Å²) in [6.07, 6.45) is 1.08. The third-order valence-electron chi connectivity index (χ3n) is 3.76. The largest absolute Gasteiger partial charge is 0.332 e. The lowest BCUT2D eigenvalue weighted by Crippen LogP contribution is -2.38. The molecule has 3 N–H and O–H groups in total. The van der Waals surface area contributed by atoms with E-state index in [9.17, 15) is 17.6 Å². The summed E-state index contributed by atoms with van der Waals surface area (Å²) in [5, 5.41) is 5.58. The van der Waals surface area contributed by atoms with E-state index in [1.807, 2.05) is 0 Å². The number of nitrogens with one attached hydrogen (secondary N) is 3. The van der Waals surface area contributed by atoms with E-state index in [1.165, 1.54) is 12.1 Å². The molecule has 2 aromatic rings. The number of benzene rings is 2. The summed E-state index contributed by atoms with van der Waals surface area (Å²) in [4.78, 5) is 12.2. The summed E-state index contributed by atoms with van der Waals surface area (Å²) in [6.45, 7) is 3.59. The quantitative estimate of drug-likeness (QED) is 0.719. The van der Waals surface area contributed by atoms with Crippen LogP contribution in [0.3, 0.4) is 0 Å². The van der Waals surface area contributed by atoms with Crippen LogP contribution in [0.2, 0.25) is 0 Å². The van der Waals surface area contributed by atoms with Crippen molar-refractivity contribution in [1.82, 2.24) is 10.6 Å². The lowest BCUT2D eigenvalue weighted by molar-refractivity contribution is 0.235. The van der Waals surface area contributed by atoms with Gasteiger partial charge in [-0.25, -0.2) is 17.6 Å². The molecule has 2 atom stereocenters. The van der Waals surface area contributed by atoms with Gasteiger partial charge in [-0.2, -0.15) is 0 Å². The summed E-state index contributed by atoms with van der Waals surface area (Å²) >= 11 is 0. The van der Waals surface area contributed by atoms with Gasteiger partial charge in [-0.1, -0.05) is 24.3 Å². The minimum atomic E-state index is -3.37. The lowest BCUT2D eigenvalue weighted by Gasteiger charge is -2.19. The van der Waals surface area contributed by atoms with Crippen LogP contribution in [0.4, 0.5) is 14.9 Å². The summed E-state index contributed by atoms with van der Waals surface area (Å²) in [7, 11) is -3.37. The predicted octanol–water partition coefficient (Wildman–Crippen LogP) is 3.32. The van der Waals surface area contributed by atoms with Crippen molar-refractivity contribution >= 4 is 21.7 Å². The van der Waals surface area contributed by atoms with Gasteiger partial charge in [-0.3, -0.25) is 4.72 Å². The van der Waals surface area contributed by atoms with Crippen molar-refractivity contribution in [2.45, 2.75) is 25.9 Å². The van der Waals surface area contributed by atoms with Crippen molar-refractivity contribution in [2.75, 3.05) is 11.0 Å². The Kier molecular flexibility index (Phi) is 6.20. The molecule has 0 aliphatic rings. The average Bonchev–Trinajstić information content (AvgIpc) is 2.53. The number of anilines is 1. The van der Waals surface area contributed by atoms with Gasteiger partial charge in [0.2, 0.25) is 10.0 Å². The maximum Gasteiger partial charge on any atom is 0.315 e. The first-order valence-corrected chi connectivity index (χ1v) is 9.93. The molecule has 0 saturated heterocycles. The van der Waals surface area contributed by atoms with Gasteiger partial charge in [0.25, 0.3) is 0 Å². The Morgan fingerprint density at radius 3 is 2.12 bits per heavy atom. The highest BCUT2D eigenvalue weighted by Gasteiger charge is 2.14. The third-order valence-corrected chi connectivity index (χ3v) is 4.36. The highest BCUT2D eigenvalue weighted by atomic mass is 32.2. The van der Waals surface area contributed by atoms with Gasteiger partial charge in [-0.05, 0) is 49.2 Å². The smallest absolute Gasteiger partial charge is 0.315 e. The van der Waals surface area contributed by atoms with Crippen LogP contribution in [0, 0.1) is 5.82 Å². The second-order valence-corrected chi connectivity index (χ2v) is 7.86. The number of rotatable bonds is 6. The molecule has 0 bridgehead atoms. The Morgan fingerprint density at radius 2 is 1.54 bits per heavy atom. The molecule has 0 aliphatic carbocycles. The van der Waals surface area contributed by atoms with Crippen LogP contribution in [0.1, 0.15) is 37.1 Å². The molecule has 2 aromatic carbocycles. The van der Waals surface area contributed by atoms with E-state index in [1.54, 1.807) is 50.2 Å². The molecule has 140 valence electrons. The number of sulfonamides is 1. The van der Waals surface area contributed by atoms with Crippen molar-refractivity contribution < 1.29 is 17.6 Å². The Hall–Kier alpha value is -2.61. The van der Waals surface area contributed by atoms with Crippen molar-refractivity contribution in [3.8, 4) is 0 Å². The fourth-order valence-electron chi connectivity index (χ4n) is 2.44. The molecule has 0 spiro atoms. The van der Waals surface area contributed by atoms with Gasteiger partial charge in [0.05, 0.1) is 18.3 Å². The first-order chi connectivity index (χ1) is 12.1. The number of halogens is 1.